The predicted molar refractivity (Wildman–Crippen MR) is 119 cm³/mol. The summed E-state index contributed by atoms with van der Waals surface area (Å²) in [6, 6.07) is 8.66. The molecule has 0 aliphatic rings. The summed E-state index contributed by atoms with van der Waals surface area (Å²) in [7, 11) is 2.76. The van der Waals surface area contributed by atoms with Crippen LogP contribution in [0.4, 0.5) is 13.2 Å². The van der Waals surface area contributed by atoms with Crippen LogP contribution in [0.3, 0.4) is 0 Å². The van der Waals surface area contributed by atoms with Crippen molar-refractivity contribution in [1.82, 2.24) is 24.8 Å². The number of para-hydroxylation sites is 1. The van der Waals surface area contributed by atoms with E-state index in [-0.39, 0.29) is 23.1 Å². The number of benzene rings is 1. The van der Waals surface area contributed by atoms with Gasteiger partial charge in [-0.3, -0.25) is 14.6 Å². The second kappa shape index (κ2) is 9.39. The van der Waals surface area contributed by atoms with E-state index in [1.165, 1.54) is 49.4 Å². The quantitative estimate of drug-likeness (QED) is 0.260. The predicted octanol–water partition coefficient (Wildman–Crippen LogP) is 4.81. The Hall–Kier alpha value is -3.51. The number of hydroxylamine groups is 2. The molecule has 4 rings (SSSR count). The van der Waals surface area contributed by atoms with Crippen molar-refractivity contribution in [2.24, 2.45) is 0 Å². The zero-order valence-electron chi connectivity index (χ0n) is 17.9. The van der Waals surface area contributed by atoms with Crippen LogP contribution in [0, 0.1) is 0 Å². The first-order valence-corrected chi connectivity index (χ1v) is 10.6. The average molecular weight is 536 g/mol. The lowest BCUT2D eigenvalue weighted by molar-refractivity contribution is -0.136. The zero-order valence-corrected chi connectivity index (χ0v) is 19.5. The summed E-state index contributed by atoms with van der Waals surface area (Å²) < 4.78 is 48.4. The maximum atomic E-state index is 13.6. The van der Waals surface area contributed by atoms with Gasteiger partial charge in [0.15, 0.2) is 5.75 Å². The molecule has 3 heterocycles. The highest BCUT2D eigenvalue weighted by molar-refractivity contribution is 9.10. The van der Waals surface area contributed by atoms with Crippen molar-refractivity contribution in [1.29, 1.82) is 0 Å². The van der Waals surface area contributed by atoms with Crippen molar-refractivity contribution < 1.29 is 27.5 Å². The molecular formula is C22H17BrF3N5O3. The molecule has 0 saturated heterocycles. The van der Waals surface area contributed by atoms with Gasteiger partial charge < -0.3 is 4.74 Å². The summed E-state index contributed by atoms with van der Waals surface area (Å²) in [5, 5.41) is 5.52. The van der Waals surface area contributed by atoms with Crippen LogP contribution >= 0.6 is 15.9 Å². The summed E-state index contributed by atoms with van der Waals surface area (Å²) in [6.07, 6.45) is -0.435. The Morgan fingerprint density at radius 3 is 2.65 bits per heavy atom. The molecule has 1 aromatic carbocycles. The standard InChI is InChI=1S/C22H17BrF3N5O3/c1-30(33-2)21(32)14-11-29-31(17(14)12-34-18-7-4-9-28-20(18)23)16-8-10-27-19-13(16)5-3-6-15(19)22(24,25)26/h3-11H,12H2,1-2H3. The lowest BCUT2D eigenvalue weighted by Crippen LogP contribution is -2.26. The molecule has 0 bridgehead atoms. The van der Waals surface area contributed by atoms with Crippen molar-refractivity contribution in [3.63, 3.8) is 0 Å². The highest BCUT2D eigenvalue weighted by Crippen LogP contribution is 2.35. The van der Waals surface area contributed by atoms with Crippen LogP contribution in [0.5, 0.6) is 5.75 Å². The molecule has 0 fully saturated rings. The van der Waals surface area contributed by atoms with Gasteiger partial charge in [0.05, 0.1) is 41.3 Å². The molecule has 0 aliphatic carbocycles. The minimum absolute atomic E-state index is 0.133. The minimum atomic E-state index is -4.59. The fourth-order valence-electron chi connectivity index (χ4n) is 3.35. The fraction of sp³-hybridized carbons (Fsp3) is 0.182. The number of halogens is 4. The largest absolute Gasteiger partial charge is 0.484 e. The number of fused-ring (bicyclic) bond motifs is 1. The van der Waals surface area contributed by atoms with Crippen LogP contribution < -0.4 is 4.74 Å². The van der Waals surface area contributed by atoms with E-state index in [9.17, 15) is 18.0 Å². The van der Waals surface area contributed by atoms with Crippen molar-refractivity contribution in [3.8, 4) is 11.4 Å². The van der Waals surface area contributed by atoms with E-state index in [0.29, 0.717) is 21.7 Å². The average Bonchev–Trinajstić information content (AvgIpc) is 3.24. The van der Waals surface area contributed by atoms with Crippen LogP contribution in [0.15, 0.2) is 59.6 Å². The normalized spacial score (nSPS) is 11.6. The van der Waals surface area contributed by atoms with E-state index in [2.05, 4.69) is 31.0 Å². The summed E-state index contributed by atoms with van der Waals surface area (Å²) in [5.41, 5.74) is -0.340. The molecule has 0 atom stereocenters. The Balaban J connectivity index is 1.87. The number of hydrogen-bond acceptors (Lipinski definition) is 6. The molecule has 0 N–H and O–H groups in total. The Bertz CT molecular complexity index is 1360. The first-order chi connectivity index (χ1) is 16.2. The number of rotatable bonds is 6. The number of carbonyl (C=O) groups is 1. The number of aromatic nitrogens is 4. The summed E-state index contributed by atoms with van der Waals surface area (Å²) in [4.78, 5) is 25.9. The molecule has 12 heteroatoms. The lowest BCUT2D eigenvalue weighted by atomic mass is 10.1. The number of hydrogen-bond donors (Lipinski definition) is 0. The molecule has 8 nitrogen and oxygen atoms in total. The Morgan fingerprint density at radius 2 is 1.94 bits per heavy atom. The third kappa shape index (κ3) is 4.46. The van der Waals surface area contributed by atoms with E-state index >= 15 is 0 Å². The minimum Gasteiger partial charge on any atom is -0.484 e. The molecule has 0 saturated carbocycles. The molecule has 4 aromatic rings. The number of ether oxygens (including phenoxy) is 1. The van der Waals surface area contributed by atoms with Gasteiger partial charge in [-0.15, -0.1) is 0 Å². The molecule has 0 radical (unpaired) electrons. The van der Waals surface area contributed by atoms with E-state index in [4.69, 9.17) is 9.57 Å². The lowest BCUT2D eigenvalue weighted by Gasteiger charge is -2.17. The molecule has 0 aliphatic heterocycles. The smallest absolute Gasteiger partial charge is 0.418 e. The first-order valence-electron chi connectivity index (χ1n) is 9.80. The Morgan fingerprint density at radius 1 is 1.15 bits per heavy atom. The molecule has 1 amide bonds. The molecule has 0 unspecified atom stereocenters. The second-order valence-corrected chi connectivity index (χ2v) is 7.76. The van der Waals surface area contributed by atoms with Gasteiger partial charge in [-0.25, -0.2) is 14.7 Å². The van der Waals surface area contributed by atoms with Crippen LogP contribution in [-0.4, -0.2) is 44.9 Å². The summed E-state index contributed by atoms with van der Waals surface area (Å²) in [6.45, 7) is -0.133. The summed E-state index contributed by atoms with van der Waals surface area (Å²) in [5.74, 6) is -0.0976. The van der Waals surface area contributed by atoms with E-state index in [1.54, 1.807) is 18.3 Å². The van der Waals surface area contributed by atoms with Gasteiger partial charge in [0, 0.05) is 24.8 Å². The molecular weight excluding hydrogens is 519 g/mol. The Kier molecular flexibility index (Phi) is 6.53. The van der Waals surface area contributed by atoms with Gasteiger partial charge >= 0.3 is 6.18 Å². The van der Waals surface area contributed by atoms with Gasteiger partial charge in [-0.05, 0) is 40.2 Å². The highest BCUT2D eigenvalue weighted by Gasteiger charge is 2.33. The molecule has 34 heavy (non-hydrogen) atoms. The number of pyridine rings is 2. The summed E-state index contributed by atoms with van der Waals surface area (Å²) >= 11 is 3.30. The first kappa shape index (κ1) is 23.6. The number of alkyl halides is 3. The SMILES string of the molecule is CON(C)C(=O)c1cnn(-c2ccnc3c(C(F)(F)F)cccc23)c1COc1cccnc1Br. The molecule has 3 aromatic heterocycles. The van der Waals surface area contributed by atoms with Gasteiger partial charge in [-0.1, -0.05) is 12.1 Å². The number of carbonyl (C=O) groups excluding carboxylic acids is 1. The van der Waals surface area contributed by atoms with E-state index in [0.717, 1.165) is 11.1 Å². The number of amides is 1. The topological polar surface area (TPSA) is 82.4 Å². The van der Waals surface area contributed by atoms with Crippen molar-refractivity contribution in [2.45, 2.75) is 12.8 Å². The van der Waals surface area contributed by atoms with Gasteiger partial charge in [0.2, 0.25) is 0 Å². The monoisotopic (exact) mass is 535 g/mol. The van der Waals surface area contributed by atoms with Crippen molar-refractivity contribution >= 4 is 32.7 Å². The Labute approximate surface area is 200 Å². The van der Waals surface area contributed by atoms with Gasteiger partial charge in [0.25, 0.3) is 5.91 Å². The van der Waals surface area contributed by atoms with Crippen LogP contribution in [0.2, 0.25) is 0 Å². The zero-order chi connectivity index (χ0) is 24.5. The maximum absolute atomic E-state index is 13.6. The van der Waals surface area contributed by atoms with Crippen LogP contribution in [0.1, 0.15) is 21.6 Å². The highest BCUT2D eigenvalue weighted by atomic mass is 79.9. The van der Waals surface area contributed by atoms with E-state index < -0.39 is 17.6 Å². The fourth-order valence-corrected chi connectivity index (χ4v) is 3.72. The third-order valence-electron chi connectivity index (χ3n) is 5.03. The van der Waals surface area contributed by atoms with E-state index in [1.807, 2.05) is 0 Å². The van der Waals surface area contributed by atoms with Gasteiger partial charge in [-0.2, -0.15) is 18.3 Å². The molecule has 176 valence electrons. The molecule has 0 spiro atoms. The third-order valence-corrected chi connectivity index (χ3v) is 5.63. The van der Waals surface area contributed by atoms with Gasteiger partial charge in [0.1, 0.15) is 11.2 Å². The number of nitrogens with zero attached hydrogens (tertiary/aromatic N) is 5. The van der Waals surface area contributed by atoms with Crippen molar-refractivity contribution in [2.75, 3.05) is 14.2 Å². The van der Waals surface area contributed by atoms with Crippen LogP contribution in [0.25, 0.3) is 16.6 Å². The van der Waals surface area contributed by atoms with Crippen molar-refractivity contribution in [3.05, 3.63) is 76.4 Å². The second-order valence-electron chi connectivity index (χ2n) is 7.01. The maximum Gasteiger partial charge on any atom is 0.418 e. The van der Waals surface area contributed by atoms with Crippen LogP contribution in [-0.2, 0) is 17.6 Å².